The molecule has 0 bridgehead atoms. The lowest BCUT2D eigenvalue weighted by Gasteiger charge is -2.22. The van der Waals surface area contributed by atoms with Crippen molar-refractivity contribution in [1.82, 2.24) is 19.9 Å². The van der Waals surface area contributed by atoms with Gasteiger partial charge in [-0.1, -0.05) is 29.5 Å². The van der Waals surface area contributed by atoms with Crippen LogP contribution in [-0.2, 0) is 0 Å². The Kier molecular flexibility index (Phi) is 5.14. The van der Waals surface area contributed by atoms with Crippen molar-refractivity contribution < 1.29 is 18.3 Å². The number of nitrogens with one attached hydrogen (secondary N) is 1. The number of amides is 1. The van der Waals surface area contributed by atoms with E-state index in [-0.39, 0.29) is 22.9 Å². The third kappa shape index (κ3) is 3.73. The summed E-state index contributed by atoms with van der Waals surface area (Å²) in [4.78, 5) is 38.4. The quantitative estimate of drug-likeness (QED) is 0.486. The first-order valence-electron chi connectivity index (χ1n) is 9.89. The molecule has 0 spiro atoms. The molecule has 1 N–H and O–H groups in total. The third-order valence-electron chi connectivity index (χ3n) is 5.19. The van der Waals surface area contributed by atoms with Gasteiger partial charge >= 0.3 is 6.09 Å². The van der Waals surface area contributed by atoms with Crippen LogP contribution in [0, 0.1) is 11.6 Å². The molecular weight excluding hydrogens is 438 g/mol. The maximum Gasteiger partial charge on any atom is 0.415 e. The number of hydrogen-bond donors (Lipinski definition) is 1. The molecular formula is C22H16F2N4O3S. The van der Waals surface area contributed by atoms with Crippen LogP contribution in [0.15, 0.2) is 53.3 Å². The van der Waals surface area contributed by atoms with Gasteiger partial charge in [-0.05, 0) is 37.1 Å². The van der Waals surface area contributed by atoms with E-state index >= 15 is 0 Å². The smallest absolute Gasteiger partial charge is 0.410 e. The van der Waals surface area contributed by atoms with Gasteiger partial charge in [0.1, 0.15) is 28.2 Å². The number of para-hydroxylation sites is 1. The van der Waals surface area contributed by atoms with E-state index in [1.54, 1.807) is 29.2 Å². The monoisotopic (exact) mass is 454 g/mol. The van der Waals surface area contributed by atoms with E-state index in [2.05, 4.69) is 15.0 Å². The van der Waals surface area contributed by atoms with Gasteiger partial charge in [0.15, 0.2) is 10.3 Å². The normalized spacial score (nSPS) is 15.9. The molecule has 0 saturated carbocycles. The highest BCUT2D eigenvalue weighted by molar-refractivity contribution is 7.18. The molecule has 1 aliphatic rings. The van der Waals surface area contributed by atoms with Gasteiger partial charge in [0.2, 0.25) is 0 Å². The molecule has 4 aromatic rings. The van der Waals surface area contributed by atoms with Crippen LogP contribution in [0.2, 0.25) is 0 Å². The molecule has 5 rings (SSSR count). The standard InChI is InChI=1S/C22H16F2N4O3S/c23-12-8-9-14(15(24)11-12)18-26-19(29)17-21(27-18)32-20(25-17)16-7-4-10-28(16)22(30)31-13-5-2-1-3-6-13/h1-3,5-6,8-9,11,16H,4,7,10H2,(H,26,27,29)/t16-/m1/s1. The zero-order valence-corrected chi connectivity index (χ0v) is 17.4. The summed E-state index contributed by atoms with van der Waals surface area (Å²) in [5, 5.41) is 0.553. The number of benzene rings is 2. The van der Waals surface area contributed by atoms with Gasteiger partial charge in [-0.25, -0.2) is 23.5 Å². The number of halogens is 2. The largest absolute Gasteiger partial charge is 0.415 e. The predicted octanol–water partition coefficient (Wildman–Crippen LogP) is 4.66. The number of rotatable bonds is 3. The van der Waals surface area contributed by atoms with Crippen molar-refractivity contribution in [2.45, 2.75) is 18.9 Å². The molecule has 32 heavy (non-hydrogen) atoms. The fourth-order valence-electron chi connectivity index (χ4n) is 3.69. The highest BCUT2D eigenvalue weighted by Crippen LogP contribution is 2.36. The third-order valence-corrected chi connectivity index (χ3v) is 6.24. The SMILES string of the molecule is O=C(Oc1ccccc1)N1CCC[C@@H]1c1nc2c(=O)[nH]c(-c3ccc(F)cc3F)nc2s1. The Bertz CT molecular complexity index is 1370. The van der Waals surface area contributed by atoms with Crippen LogP contribution in [-0.4, -0.2) is 32.5 Å². The van der Waals surface area contributed by atoms with E-state index < -0.39 is 23.3 Å². The molecule has 1 saturated heterocycles. The van der Waals surface area contributed by atoms with Gasteiger partial charge in [0.25, 0.3) is 5.56 Å². The maximum absolute atomic E-state index is 14.2. The van der Waals surface area contributed by atoms with Crippen molar-refractivity contribution >= 4 is 27.8 Å². The van der Waals surface area contributed by atoms with Crippen LogP contribution in [0.1, 0.15) is 23.9 Å². The number of thiazole rings is 1. The topological polar surface area (TPSA) is 88.2 Å². The van der Waals surface area contributed by atoms with Gasteiger partial charge in [0.05, 0.1) is 11.6 Å². The zero-order chi connectivity index (χ0) is 22.2. The Hall–Kier alpha value is -3.66. The van der Waals surface area contributed by atoms with E-state index in [0.717, 1.165) is 18.6 Å². The number of aromatic amines is 1. The summed E-state index contributed by atoms with van der Waals surface area (Å²) in [5.41, 5.74) is -0.443. The van der Waals surface area contributed by atoms with Crippen molar-refractivity contribution in [2.24, 2.45) is 0 Å². The van der Waals surface area contributed by atoms with E-state index in [0.29, 0.717) is 28.6 Å². The number of H-pyrrole nitrogens is 1. The second-order valence-electron chi connectivity index (χ2n) is 7.28. The molecule has 3 heterocycles. The summed E-state index contributed by atoms with van der Waals surface area (Å²) < 4.78 is 32.8. The number of carbonyl (C=O) groups excluding carboxylic acids is 1. The molecule has 1 aliphatic heterocycles. The van der Waals surface area contributed by atoms with E-state index in [4.69, 9.17) is 4.74 Å². The summed E-state index contributed by atoms with van der Waals surface area (Å²) in [6.45, 7) is 0.502. The molecule has 1 amide bonds. The number of hydrogen-bond acceptors (Lipinski definition) is 6. The van der Waals surface area contributed by atoms with E-state index in [1.807, 2.05) is 6.07 Å². The van der Waals surface area contributed by atoms with Crippen molar-refractivity contribution in [3.05, 3.63) is 75.5 Å². The van der Waals surface area contributed by atoms with Crippen LogP contribution < -0.4 is 10.3 Å². The minimum atomic E-state index is -0.831. The van der Waals surface area contributed by atoms with Gasteiger partial charge in [0, 0.05) is 12.6 Å². The Morgan fingerprint density at radius 1 is 1.16 bits per heavy atom. The average molecular weight is 454 g/mol. The van der Waals surface area contributed by atoms with Gasteiger partial charge < -0.3 is 9.72 Å². The van der Waals surface area contributed by atoms with Crippen molar-refractivity contribution in [3.63, 3.8) is 0 Å². The number of likely N-dealkylation sites (tertiary alicyclic amines) is 1. The first-order chi connectivity index (χ1) is 15.5. The highest BCUT2D eigenvalue weighted by Gasteiger charge is 2.34. The summed E-state index contributed by atoms with van der Waals surface area (Å²) in [7, 11) is 0. The second-order valence-corrected chi connectivity index (χ2v) is 8.29. The van der Waals surface area contributed by atoms with Gasteiger partial charge in [-0.15, -0.1) is 0 Å². The fraction of sp³-hybridized carbons (Fsp3) is 0.182. The zero-order valence-electron chi connectivity index (χ0n) is 16.5. The summed E-state index contributed by atoms with van der Waals surface area (Å²) in [5.74, 6) is -1.13. The highest BCUT2D eigenvalue weighted by atomic mass is 32.1. The molecule has 1 fully saturated rings. The van der Waals surface area contributed by atoms with E-state index in [9.17, 15) is 18.4 Å². The number of ether oxygens (including phenoxy) is 1. The molecule has 0 unspecified atom stereocenters. The molecule has 0 radical (unpaired) electrons. The van der Waals surface area contributed by atoms with Crippen LogP contribution in [0.4, 0.5) is 13.6 Å². The Balaban J connectivity index is 1.47. The molecule has 10 heteroatoms. The Labute approximate surface area is 184 Å². The average Bonchev–Trinajstić information content (AvgIpc) is 3.41. The lowest BCUT2D eigenvalue weighted by molar-refractivity contribution is 0.147. The Morgan fingerprint density at radius 3 is 2.75 bits per heavy atom. The van der Waals surface area contributed by atoms with Crippen LogP contribution >= 0.6 is 11.3 Å². The van der Waals surface area contributed by atoms with Crippen LogP contribution in [0.5, 0.6) is 5.75 Å². The molecule has 7 nitrogen and oxygen atoms in total. The molecule has 2 aromatic heterocycles. The van der Waals surface area contributed by atoms with Crippen LogP contribution in [0.25, 0.3) is 21.7 Å². The minimum absolute atomic E-state index is 0.0121. The summed E-state index contributed by atoms with van der Waals surface area (Å²) in [6, 6.07) is 11.5. The van der Waals surface area contributed by atoms with Crippen LogP contribution in [0.3, 0.4) is 0 Å². The molecule has 162 valence electrons. The van der Waals surface area contributed by atoms with Gasteiger partial charge in [-0.3, -0.25) is 9.69 Å². The van der Waals surface area contributed by atoms with Gasteiger partial charge in [-0.2, -0.15) is 0 Å². The summed E-state index contributed by atoms with van der Waals surface area (Å²) in [6.07, 6.45) is 0.940. The first-order valence-corrected chi connectivity index (χ1v) is 10.7. The second kappa shape index (κ2) is 8.12. The number of aromatic nitrogens is 3. The lowest BCUT2D eigenvalue weighted by atomic mass is 10.2. The lowest BCUT2D eigenvalue weighted by Crippen LogP contribution is -2.33. The number of fused-ring (bicyclic) bond motifs is 1. The minimum Gasteiger partial charge on any atom is -0.410 e. The van der Waals surface area contributed by atoms with Crippen molar-refractivity contribution in [3.8, 4) is 17.1 Å². The molecule has 2 aromatic carbocycles. The Morgan fingerprint density at radius 2 is 1.97 bits per heavy atom. The first kappa shape index (κ1) is 20.3. The summed E-state index contributed by atoms with van der Waals surface area (Å²) >= 11 is 1.17. The van der Waals surface area contributed by atoms with Crippen molar-refractivity contribution in [1.29, 1.82) is 0 Å². The predicted molar refractivity (Wildman–Crippen MR) is 115 cm³/mol. The number of nitrogens with zero attached hydrogens (tertiary/aromatic N) is 3. The fourth-order valence-corrected chi connectivity index (χ4v) is 4.78. The molecule has 0 aliphatic carbocycles. The molecule has 1 atom stereocenters. The maximum atomic E-state index is 14.2. The van der Waals surface area contributed by atoms with E-state index in [1.165, 1.54) is 17.4 Å². The number of carbonyl (C=O) groups is 1. The van der Waals surface area contributed by atoms with Crippen molar-refractivity contribution in [2.75, 3.05) is 6.54 Å².